The molecule has 0 aromatic heterocycles. The Balaban J connectivity index is 3.38. The molecule has 0 radical (unpaired) electrons. The molecule has 108 valence electrons. The van der Waals surface area contributed by atoms with E-state index in [0.29, 0.717) is 0 Å². The third-order valence-corrected chi connectivity index (χ3v) is 2.74. The molecule has 0 atom stereocenters. The number of hydrogen-bond acceptors (Lipinski definition) is 3. The van der Waals surface area contributed by atoms with E-state index in [1.165, 1.54) is 6.07 Å². The predicted octanol–water partition coefficient (Wildman–Crippen LogP) is 3.25. The topological polar surface area (TPSA) is 50.1 Å². The van der Waals surface area contributed by atoms with Crippen LogP contribution in [0.5, 0.6) is 0 Å². The third kappa shape index (κ3) is 3.73. The summed E-state index contributed by atoms with van der Waals surface area (Å²) in [6, 6.07) is 4.11. The summed E-state index contributed by atoms with van der Waals surface area (Å²) in [7, 11) is 0. The van der Waals surface area contributed by atoms with Crippen molar-refractivity contribution >= 4 is 5.97 Å². The first-order valence-electron chi connectivity index (χ1n) is 6.12. The maximum atomic E-state index is 13.1. The predicted molar refractivity (Wildman–Crippen MR) is 65.9 cm³/mol. The molecule has 0 saturated heterocycles. The normalized spacial score (nSPS) is 11.0. The van der Waals surface area contributed by atoms with Crippen LogP contribution < -0.4 is 0 Å². The van der Waals surface area contributed by atoms with E-state index in [1.54, 1.807) is 19.9 Å². The van der Waals surface area contributed by atoms with Gasteiger partial charge in [0.1, 0.15) is 0 Å². The van der Waals surface area contributed by atoms with E-state index in [2.05, 4.69) is 4.74 Å². The van der Waals surface area contributed by atoms with Crippen molar-refractivity contribution < 1.29 is 22.7 Å². The molecule has 0 N–H and O–H groups in total. The number of ether oxygens (including phenoxy) is 1. The van der Waals surface area contributed by atoms with Gasteiger partial charge in [0.25, 0.3) is 0 Å². The fourth-order valence-corrected chi connectivity index (χ4v) is 1.98. The number of nitriles is 1. The van der Waals surface area contributed by atoms with Gasteiger partial charge in [0.2, 0.25) is 0 Å². The average molecular weight is 285 g/mol. The molecule has 0 amide bonds. The highest BCUT2D eigenvalue weighted by atomic mass is 19.4. The number of nitrogens with zero attached hydrogens (tertiary/aromatic N) is 1. The highest BCUT2D eigenvalue weighted by Gasteiger charge is 2.36. The Morgan fingerprint density at radius 2 is 1.90 bits per heavy atom. The lowest BCUT2D eigenvalue weighted by Crippen LogP contribution is -2.17. The van der Waals surface area contributed by atoms with Crippen molar-refractivity contribution in [2.24, 2.45) is 0 Å². The number of halogens is 3. The molecule has 0 spiro atoms. The van der Waals surface area contributed by atoms with Crippen LogP contribution in [0.2, 0.25) is 0 Å². The molecule has 1 aromatic carbocycles. The fraction of sp³-hybridized carbons (Fsp3) is 0.429. The van der Waals surface area contributed by atoms with Gasteiger partial charge < -0.3 is 4.74 Å². The van der Waals surface area contributed by atoms with Crippen molar-refractivity contribution in [3.63, 3.8) is 0 Å². The smallest absolute Gasteiger partial charge is 0.416 e. The van der Waals surface area contributed by atoms with Crippen molar-refractivity contribution in [3.05, 3.63) is 34.4 Å². The van der Waals surface area contributed by atoms with Gasteiger partial charge >= 0.3 is 12.1 Å². The molecule has 1 aromatic rings. The van der Waals surface area contributed by atoms with Crippen LogP contribution in [0, 0.1) is 11.3 Å². The van der Waals surface area contributed by atoms with E-state index in [9.17, 15) is 18.0 Å². The Morgan fingerprint density at radius 3 is 2.35 bits per heavy atom. The van der Waals surface area contributed by atoms with Crippen LogP contribution in [0.1, 0.15) is 36.1 Å². The Bertz CT molecular complexity index is 545. The van der Waals surface area contributed by atoms with Gasteiger partial charge in [0.15, 0.2) is 0 Å². The average Bonchev–Trinajstić information content (AvgIpc) is 2.36. The Hall–Kier alpha value is -2.03. The number of benzene rings is 1. The van der Waals surface area contributed by atoms with Crippen LogP contribution in [0.15, 0.2) is 12.1 Å². The summed E-state index contributed by atoms with van der Waals surface area (Å²) in [5, 5.41) is 8.87. The van der Waals surface area contributed by atoms with Crippen LogP contribution in [0.4, 0.5) is 13.2 Å². The second-order valence-corrected chi connectivity index (χ2v) is 4.11. The Kier molecular flexibility index (Phi) is 5.14. The van der Waals surface area contributed by atoms with Crippen LogP contribution in [0.3, 0.4) is 0 Å². The second kappa shape index (κ2) is 6.42. The molecule has 6 heteroatoms. The largest absolute Gasteiger partial charge is 0.466 e. The Labute approximate surface area is 115 Å². The van der Waals surface area contributed by atoms with E-state index in [-0.39, 0.29) is 29.7 Å². The minimum absolute atomic E-state index is 0.0100. The van der Waals surface area contributed by atoms with Gasteiger partial charge in [0, 0.05) is 0 Å². The van der Waals surface area contributed by atoms with Gasteiger partial charge in [0.05, 0.1) is 30.2 Å². The van der Waals surface area contributed by atoms with Gasteiger partial charge in [-0.05, 0) is 36.6 Å². The highest BCUT2D eigenvalue weighted by molar-refractivity contribution is 5.73. The van der Waals surface area contributed by atoms with Crippen LogP contribution >= 0.6 is 0 Å². The van der Waals surface area contributed by atoms with Crippen molar-refractivity contribution in [1.29, 1.82) is 5.26 Å². The van der Waals surface area contributed by atoms with Crippen LogP contribution in [-0.2, 0) is 28.5 Å². The molecule has 0 bridgehead atoms. The van der Waals surface area contributed by atoms with Crippen molar-refractivity contribution in [3.8, 4) is 6.07 Å². The number of carbonyl (C=O) groups is 1. The summed E-state index contributed by atoms with van der Waals surface area (Å²) in [4.78, 5) is 11.4. The SMILES string of the molecule is CCOC(=O)Cc1cc(C#N)cc(CC)c1C(F)(F)F. The van der Waals surface area contributed by atoms with Gasteiger partial charge in [-0.1, -0.05) is 6.92 Å². The van der Waals surface area contributed by atoms with Gasteiger partial charge in [-0.3, -0.25) is 4.79 Å². The number of rotatable bonds is 4. The molecule has 1 rings (SSSR count). The zero-order valence-corrected chi connectivity index (χ0v) is 11.2. The highest BCUT2D eigenvalue weighted by Crippen LogP contribution is 2.36. The van der Waals surface area contributed by atoms with Gasteiger partial charge in [-0.2, -0.15) is 18.4 Å². The number of hydrogen-bond donors (Lipinski definition) is 0. The summed E-state index contributed by atoms with van der Waals surface area (Å²) >= 11 is 0. The molecule has 0 unspecified atom stereocenters. The minimum Gasteiger partial charge on any atom is -0.466 e. The summed E-state index contributed by atoms with van der Waals surface area (Å²) in [5.41, 5.74) is -0.941. The first kappa shape index (κ1) is 16.0. The molecule has 0 heterocycles. The first-order valence-corrected chi connectivity index (χ1v) is 6.12. The lowest BCUT2D eigenvalue weighted by atomic mass is 9.94. The number of alkyl halides is 3. The molecule has 0 aliphatic carbocycles. The van der Waals surface area contributed by atoms with Crippen molar-refractivity contribution in [1.82, 2.24) is 0 Å². The zero-order valence-electron chi connectivity index (χ0n) is 11.2. The van der Waals surface area contributed by atoms with Crippen molar-refractivity contribution in [2.75, 3.05) is 6.61 Å². The molecular weight excluding hydrogens is 271 g/mol. The number of aryl methyl sites for hydroxylation is 1. The fourth-order valence-electron chi connectivity index (χ4n) is 1.98. The Morgan fingerprint density at radius 1 is 1.30 bits per heavy atom. The summed E-state index contributed by atoms with van der Waals surface area (Å²) in [5.74, 6) is -0.741. The minimum atomic E-state index is -4.57. The maximum Gasteiger partial charge on any atom is 0.416 e. The lowest BCUT2D eigenvalue weighted by molar-refractivity contribution is -0.143. The van der Waals surface area contributed by atoms with Crippen LogP contribution in [-0.4, -0.2) is 12.6 Å². The molecule has 0 aliphatic heterocycles. The molecule has 0 fully saturated rings. The van der Waals surface area contributed by atoms with Crippen molar-refractivity contribution in [2.45, 2.75) is 32.9 Å². The second-order valence-electron chi connectivity index (χ2n) is 4.11. The molecule has 20 heavy (non-hydrogen) atoms. The maximum absolute atomic E-state index is 13.1. The quantitative estimate of drug-likeness (QED) is 0.798. The summed E-state index contributed by atoms with van der Waals surface area (Å²) < 4.78 is 44.1. The van der Waals surface area contributed by atoms with E-state index in [4.69, 9.17) is 5.26 Å². The lowest BCUT2D eigenvalue weighted by Gasteiger charge is -2.17. The standard InChI is InChI=1S/C14H14F3NO2/c1-3-10-5-9(8-18)6-11(7-12(19)20-4-2)13(10)14(15,16)17/h5-6H,3-4,7H2,1-2H3. The van der Waals surface area contributed by atoms with E-state index in [1.807, 2.05) is 0 Å². The molecule has 0 aliphatic rings. The first-order chi connectivity index (χ1) is 9.33. The molecule has 0 saturated carbocycles. The van der Waals surface area contributed by atoms with Gasteiger partial charge in [-0.15, -0.1) is 0 Å². The van der Waals surface area contributed by atoms with E-state index in [0.717, 1.165) is 6.07 Å². The monoisotopic (exact) mass is 285 g/mol. The molecule has 3 nitrogen and oxygen atoms in total. The van der Waals surface area contributed by atoms with Gasteiger partial charge in [-0.25, -0.2) is 0 Å². The summed E-state index contributed by atoms with van der Waals surface area (Å²) in [6.07, 6.45) is -4.94. The summed E-state index contributed by atoms with van der Waals surface area (Å²) in [6.45, 7) is 3.24. The number of carbonyl (C=O) groups excluding carboxylic acids is 1. The van der Waals surface area contributed by atoms with E-state index < -0.39 is 24.1 Å². The van der Waals surface area contributed by atoms with E-state index >= 15 is 0 Å². The molecular formula is C14H14F3NO2. The van der Waals surface area contributed by atoms with Crippen LogP contribution in [0.25, 0.3) is 0 Å². The zero-order chi connectivity index (χ0) is 15.3. The number of esters is 1. The third-order valence-electron chi connectivity index (χ3n) is 2.74.